The van der Waals surface area contributed by atoms with Crippen LogP contribution >= 0.6 is 0 Å². The minimum absolute atomic E-state index is 0.157. The van der Waals surface area contributed by atoms with Gasteiger partial charge in [-0.05, 0) is 50.6 Å². The van der Waals surface area contributed by atoms with Gasteiger partial charge in [-0.15, -0.1) is 5.10 Å². The molecule has 0 aliphatic heterocycles. The van der Waals surface area contributed by atoms with Crippen LogP contribution in [-0.4, -0.2) is 47.4 Å². The minimum atomic E-state index is -1.24. The Morgan fingerprint density at radius 2 is 2.04 bits per heavy atom. The first-order valence-electron chi connectivity index (χ1n) is 8.27. The SMILES string of the molecule is Cc1cc(Nc2nccc(C)n2)cc(-c2cn(C[C@@](C)(O)CO)nn2)c1. The summed E-state index contributed by atoms with van der Waals surface area (Å²) in [7, 11) is 0. The van der Waals surface area contributed by atoms with Crippen LogP contribution in [0.25, 0.3) is 11.3 Å². The number of nitrogens with zero attached hydrogens (tertiary/aromatic N) is 5. The third-order valence-electron chi connectivity index (χ3n) is 3.81. The predicted molar refractivity (Wildman–Crippen MR) is 98.0 cm³/mol. The van der Waals surface area contributed by atoms with Gasteiger partial charge in [0.2, 0.25) is 5.95 Å². The Balaban J connectivity index is 1.85. The van der Waals surface area contributed by atoms with Crippen LogP contribution in [0.15, 0.2) is 36.7 Å². The molecule has 8 heteroatoms. The van der Waals surface area contributed by atoms with Gasteiger partial charge in [-0.25, -0.2) is 14.6 Å². The molecular weight excluding hydrogens is 332 g/mol. The first kappa shape index (κ1) is 18.0. The molecule has 0 radical (unpaired) electrons. The van der Waals surface area contributed by atoms with E-state index in [1.54, 1.807) is 19.3 Å². The second kappa shape index (κ2) is 7.19. The molecule has 0 bridgehead atoms. The fourth-order valence-electron chi connectivity index (χ4n) is 2.55. The maximum absolute atomic E-state index is 9.97. The van der Waals surface area contributed by atoms with Crippen LogP contribution in [0, 0.1) is 13.8 Å². The third kappa shape index (κ3) is 4.41. The zero-order valence-electron chi connectivity index (χ0n) is 15.0. The Morgan fingerprint density at radius 3 is 2.77 bits per heavy atom. The Kier molecular flexibility index (Phi) is 4.97. The molecule has 1 atom stereocenters. The van der Waals surface area contributed by atoms with Crippen molar-refractivity contribution < 1.29 is 10.2 Å². The summed E-state index contributed by atoms with van der Waals surface area (Å²) in [5, 5.41) is 30.5. The summed E-state index contributed by atoms with van der Waals surface area (Å²) in [4.78, 5) is 8.56. The zero-order valence-corrected chi connectivity index (χ0v) is 15.0. The second-order valence-electron chi connectivity index (χ2n) is 6.69. The molecule has 8 nitrogen and oxygen atoms in total. The predicted octanol–water partition coefficient (Wildman–Crippen LogP) is 1.84. The van der Waals surface area contributed by atoms with Crippen molar-refractivity contribution in [2.45, 2.75) is 32.9 Å². The molecule has 0 saturated carbocycles. The van der Waals surface area contributed by atoms with Gasteiger partial charge in [-0.2, -0.15) is 0 Å². The number of aliphatic hydroxyl groups excluding tert-OH is 1. The van der Waals surface area contributed by atoms with Crippen LogP contribution in [0.2, 0.25) is 0 Å². The molecule has 0 aliphatic rings. The van der Waals surface area contributed by atoms with E-state index < -0.39 is 5.60 Å². The quantitative estimate of drug-likeness (QED) is 0.619. The van der Waals surface area contributed by atoms with Gasteiger partial charge in [0, 0.05) is 23.1 Å². The van der Waals surface area contributed by atoms with E-state index in [2.05, 4.69) is 25.6 Å². The maximum atomic E-state index is 9.97. The lowest BCUT2D eigenvalue weighted by Gasteiger charge is -2.19. The van der Waals surface area contributed by atoms with Gasteiger partial charge in [-0.1, -0.05) is 5.21 Å². The smallest absolute Gasteiger partial charge is 0.227 e. The van der Waals surface area contributed by atoms with E-state index in [1.807, 2.05) is 38.1 Å². The van der Waals surface area contributed by atoms with E-state index >= 15 is 0 Å². The lowest BCUT2D eigenvalue weighted by molar-refractivity contribution is -0.0149. The molecule has 2 aromatic heterocycles. The van der Waals surface area contributed by atoms with E-state index in [0.717, 1.165) is 22.5 Å². The summed E-state index contributed by atoms with van der Waals surface area (Å²) in [6.45, 7) is 5.26. The zero-order chi connectivity index (χ0) is 18.7. The van der Waals surface area contributed by atoms with Crippen LogP contribution in [0.1, 0.15) is 18.2 Å². The van der Waals surface area contributed by atoms with Crippen molar-refractivity contribution in [3.63, 3.8) is 0 Å². The minimum Gasteiger partial charge on any atom is -0.393 e. The molecule has 0 saturated heterocycles. The van der Waals surface area contributed by atoms with Crippen LogP contribution < -0.4 is 5.32 Å². The van der Waals surface area contributed by atoms with Crippen molar-refractivity contribution in [1.82, 2.24) is 25.0 Å². The Morgan fingerprint density at radius 1 is 1.23 bits per heavy atom. The lowest BCUT2D eigenvalue weighted by atomic mass is 10.1. The lowest BCUT2D eigenvalue weighted by Crippen LogP contribution is -2.34. The molecular formula is C18H22N6O2. The average molecular weight is 354 g/mol. The average Bonchev–Trinajstić information content (AvgIpc) is 3.02. The summed E-state index contributed by atoms with van der Waals surface area (Å²) < 4.78 is 1.52. The van der Waals surface area contributed by atoms with Crippen molar-refractivity contribution in [3.8, 4) is 11.3 Å². The third-order valence-corrected chi connectivity index (χ3v) is 3.81. The molecule has 3 N–H and O–H groups in total. The fraction of sp³-hybridized carbons (Fsp3) is 0.333. The number of nitrogens with one attached hydrogen (secondary N) is 1. The van der Waals surface area contributed by atoms with Crippen molar-refractivity contribution in [3.05, 3.63) is 47.9 Å². The van der Waals surface area contributed by atoms with Gasteiger partial charge in [0.05, 0.1) is 19.3 Å². The molecule has 26 heavy (non-hydrogen) atoms. The molecule has 0 aliphatic carbocycles. The Bertz CT molecular complexity index is 906. The van der Waals surface area contributed by atoms with Gasteiger partial charge in [0.1, 0.15) is 11.3 Å². The second-order valence-corrected chi connectivity index (χ2v) is 6.69. The van der Waals surface area contributed by atoms with Crippen molar-refractivity contribution >= 4 is 11.6 Å². The topological polar surface area (TPSA) is 109 Å². The molecule has 136 valence electrons. The van der Waals surface area contributed by atoms with Crippen LogP contribution in [0.5, 0.6) is 0 Å². The molecule has 0 spiro atoms. The van der Waals surface area contributed by atoms with E-state index in [9.17, 15) is 10.2 Å². The number of aryl methyl sites for hydroxylation is 2. The number of hydrogen-bond acceptors (Lipinski definition) is 7. The van der Waals surface area contributed by atoms with Gasteiger partial charge < -0.3 is 15.5 Å². The molecule has 0 unspecified atom stereocenters. The Hall–Kier alpha value is -2.84. The van der Waals surface area contributed by atoms with Crippen LogP contribution in [0.4, 0.5) is 11.6 Å². The standard InChI is InChI=1S/C18H22N6O2/c1-12-6-14(16-9-24(23-22-16)10-18(3,26)11-25)8-15(7-12)21-17-19-5-4-13(2)20-17/h4-9,25-26H,10-11H2,1-3H3,(H,19,20,21)/t18-/m1/s1. The summed E-state index contributed by atoms with van der Waals surface area (Å²) in [6, 6.07) is 7.78. The molecule has 0 fully saturated rings. The largest absolute Gasteiger partial charge is 0.393 e. The van der Waals surface area contributed by atoms with E-state index in [-0.39, 0.29) is 13.2 Å². The Labute approximate surface area is 151 Å². The fourth-order valence-corrected chi connectivity index (χ4v) is 2.55. The highest BCUT2D eigenvalue weighted by atomic mass is 16.3. The van der Waals surface area contributed by atoms with Crippen molar-refractivity contribution in [2.75, 3.05) is 11.9 Å². The van der Waals surface area contributed by atoms with Gasteiger partial charge in [0.15, 0.2) is 0 Å². The summed E-state index contributed by atoms with van der Waals surface area (Å²) >= 11 is 0. The van der Waals surface area contributed by atoms with Crippen LogP contribution in [0.3, 0.4) is 0 Å². The number of anilines is 2. The number of rotatable bonds is 6. The number of aliphatic hydroxyl groups is 2. The molecule has 0 amide bonds. The van der Waals surface area contributed by atoms with E-state index in [0.29, 0.717) is 11.6 Å². The number of hydrogen-bond donors (Lipinski definition) is 3. The summed E-state index contributed by atoms with van der Waals surface area (Å²) in [5.74, 6) is 0.532. The van der Waals surface area contributed by atoms with Gasteiger partial charge in [-0.3, -0.25) is 0 Å². The first-order chi connectivity index (χ1) is 12.3. The molecule has 3 aromatic rings. The van der Waals surface area contributed by atoms with Crippen molar-refractivity contribution in [1.29, 1.82) is 0 Å². The molecule has 3 rings (SSSR count). The maximum Gasteiger partial charge on any atom is 0.227 e. The monoisotopic (exact) mass is 354 g/mol. The van der Waals surface area contributed by atoms with E-state index in [4.69, 9.17) is 0 Å². The number of benzene rings is 1. The van der Waals surface area contributed by atoms with Crippen LogP contribution in [-0.2, 0) is 6.54 Å². The summed E-state index contributed by atoms with van der Waals surface area (Å²) in [5.41, 5.74) is 3.10. The summed E-state index contributed by atoms with van der Waals surface area (Å²) in [6.07, 6.45) is 3.45. The molecule has 2 heterocycles. The van der Waals surface area contributed by atoms with Gasteiger partial charge in [0.25, 0.3) is 0 Å². The normalized spacial score (nSPS) is 13.4. The van der Waals surface area contributed by atoms with Crippen molar-refractivity contribution in [2.24, 2.45) is 0 Å². The van der Waals surface area contributed by atoms with E-state index in [1.165, 1.54) is 4.68 Å². The first-order valence-corrected chi connectivity index (χ1v) is 8.27. The molecule has 1 aromatic carbocycles. The highest BCUT2D eigenvalue weighted by Crippen LogP contribution is 2.24. The highest BCUT2D eigenvalue weighted by molar-refractivity contribution is 5.68. The number of aromatic nitrogens is 5. The highest BCUT2D eigenvalue weighted by Gasteiger charge is 2.20. The van der Waals surface area contributed by atoms with Gasteiger partial charge >= 0.3 is 0 Å².